The summed E-state index contributed by atoms with van der Waals surface area (Å²) in [5.41, 5.74) is 5.73. The molecule has 1 aliphatic heterocycles. The van der Waals surface area contributed by atoms with Crippen molar-refractivity contribution in [3.8, 4) is 11.5 Å². The normalized spacial score (nSPS) is 18.8. The maximum Gasteiger partial charge on any atom is 0.254 e. The number of carbonyl (C=O) groups is 2. The first-order valence-electron chi connectivity index (χ1n) is 12.9. The first-order valence-corrected chi connectivity index (χ1v) is 12.9. The number of ketones is 1. The zero-order chi connectivity index (χ0) is 27.7. The second kappa shape index (κ2) is 10.8. The number of allylic oxidation sites excluding steroid dienone is 3. The lowest BCUT2D eigenvalue weighted by molar-refractivity contribution is -0.116. The number of Topliss-reactive ketones (excluding diaryl/α,β-unsaturated/α-hetero) is 1. The molecule has 3 aromatic rings. The zero-order valence-electron chi connectivity index (χ0n) is 22.4. The predicted molar refractivity (Wildman–Crippen MR) is 148 cm³/mol. The van der Waals surface area contributed by atoms with Crippen LogP contribution in [0.5, 0.6) is 11.5 Å². The van der Waals surface area contributed by atoms with Crippen molar-refractivity contribution in [1.29, 1.82) is 0 Å². The number of hydrogen-bond acceptors (Lipinski definition) is 5. The summed E-state index contributed by atoms with van der Waals surface area (Å²) in [5.74, 6) is -0.196. The fraction of sp³-hybridized carbons (Fsp3) is 0.250. The smallest absolute Gasteiger partial charge is 0.254 e. The summed E-state index contributed by atoms with van der Waals surface area (Å²) in [5, 5.41) is 6.41. The largest absolute Gasteiger partial charge is 0.493 e. The lowest BCUT2D eigenvalue weighted by Crippen LogP contribution is -2.37. The number of hydrogen-bond donors (Lipinski definition) is 2. The summed E-state index contributed by atoms with van der Waals surface area (Å²) in [6, 6.07) is 19.3. The standard InChI is InChI=1S/C32H31FN2O4/c1-18-7-5-6-8-24(18)35-32(37)29-19(2)34-25-15-22(21-11-14-27(38-3)28(17-21)39-4)16-26(36)31(25)30(29)20-9-12-23(33)13-10-20/h5-14,17,22,30,34H,15-16H2,1-4H3,(H,35,37)/t22-,30+/m0/s1. The minimum absolute atomic E-state index is 0.0495. The lowest BCUT2D eigenvalue weighted by Gasteiger charge is -2.37. The molecule has 39 heavy (non-hydrogen) atoms. The molecule has 200 valence electrons. The highest BCUT2D eigenvalue weighted by Crippen LogP contribution is 2.46. The van der Waals surface area contributed by atoms with Crippen molar-refractivity contribution in [2.75, 3.05) is 19.5 Å². The van der Waals surface area contributed by atoms with Crippen LogP contribution < -0.4 is 20.1 Å². The number of para-hydroxylation sites is 1. The van der Waals surface area contributed by atoms with Crippen molar-refractivity contribution < 1.29 is 23.5 Å². The van der Waals surface area contributed by atoms with Crippen LogP contribution in [0, 0.1) is 12.7 Å². The van der Waals surface area contributed by atoms with Gasteiger partial charge in [0.15, 0.2) is 17.3 Å². The number of amides is 1. The third kappa shape index (κ3) is 5.04. The number of aryl methyl sites for hydroxylation is 1. The number of rotatable bonds is 6. The average Bonchev–Trinajstić information content (AvgIpc) is 2.93. The van der Waals surface area contributed by atoms with E-state index in [9.17, 15) is 14.0 Å². The molecule has 1 heterocycles. The Balaban J connectivity index is 1.55. The van der Waals surface area contributed by atoms with E-state index in [-0.39, 0.29) is 29.8 Å². The van der Waals surface area contributed by atoms with Gasteiger partial charge in [0.2, 0.25) is 0 Å². The van der Waals surface area contributed by atoms with Crippen LogP contribution in [0.2, 0.25) is 0 Å². The van der Waals surface area contributed by atoms with Crippen molar-refractivity contribution in [2.24, 2.45) is 0 Å². The van der Waals surface area contributed by atoms with Crippen molar-refractivity contribution in [1.82, 2.24) is 5.32 Å². The number of ether oxygens (including phenoxy) is 2. The highest BCUT2D eigenvalue weighted by Gasteiger charge is 2.41. The van der Waals surface area contributed by atoms with Gasteiger partial charge in [0.25, 0.3) is 5.91 Å². The van der Waals surface area contributed by atoms with Crippen LogP contribution in [0.15, 0.2) is 89.3 Å². The summed E-state index contributed by atoms with van der Waals surface area (Å²) in [6.45, 7) is 3.77. The van der Waals surface area contributed by atoms with E-state index < -0.39 is 5.92 Å². The Labute approximate surface area is 227 Å². The molecule has 0 unspecified atom stereocenters. The van der Waals surface area contributed by atoms with Crippen LogP contribution in [0.4, 0.5) is 10.1 Å². The van der Waals surface area contributed by atoms with Gasteiger partial charge in [0.05, 0.1) is 14.2 Å². The van der Waals surface area contributed by atoms with Gasteiger partial charge in [-0.05, 0) is 73.2 Å². The maximum atomic E-state index is 13.9. The van der Waals surface area contributed by atoms with E-state index in [2.05, 4.69) is 10.6 Å². The second-order valence-corrected chi connectivity index (χ2v) is 9.95. The summed E-state index contributed by atoms with van der Waals surface area (Å²) in [7, 11) is 3.17. The van der Waals surface area contributed by atoms with E-state index in [0.717, 1.165) is 16.8 Å². The predicted octanol–water partition coefficient (Wildman–Crippen LogP) is 6.15. The van der Waals surface area contributed by atoms with Gasteiger partial charge in [-0.15, -0.1) is 0 Å². The van der Waals surface area contributed by atoms with Crippen LogP contribution in [0.1, 0.15) is 48.3 Å². The Hall–Kier alpha value is -4.39. The molecular formula is C32H31FN2O4. The summed E-state index contributed by atoms with van der Waals surface area (Å²) >= 11 is 0. The molecule has 0 aromatic heterocycles. The molecule has 1 aliphatic carbocycles. The number of nitrogens with one attached hydrogen (secondary N) is 2. The Morgan fingerprint density at radius 3 is 2.31 bits per heavy atom. The number of methoxy groups -OCH3 is 2. The van der Waals surface area contributed by atoms with Gasteiger partial charge in [-0.2, -0.15) is 0 Å². The number of dihydropyridines is 1. The quantitative estimate of drug-likeness (QED) is 0.403. The molecule has 2 atom stereocenters. The third-order valence-electron chi connectivity index (χ3n) is 7.55. The monoisotopic (exact) mass is 526 g/mol. The van der Waals surface area contributed by atoms with E-state index in [1.54, 1.807) is 26.4 Å². The average molecular weight is 527 g/mol. The Bertz CT molecular complexity index is 1510. The Morgan fingerprint density at radius 1 is 0.923 bits per heavy atom. The molecule has 0 bridgehead atoms. The minimum Gasteiger partial charge on any atom is -0.493 e. The molecular weight excluding hydrogens is 495 g/mol. The fourth-order valence-electron chi connectivity index (χ4n) is 5.57. The molecule has 6 nitrogen and oxygen atoms in total. The lowest BCUT2D eigenvalue weighted by atomic mass is 9.71. The van der Waals surface area contributed by atoms with Crippen molar-refractivity contribution >= 4 is 17.4 Å². The molecule has 2 aliphatic rings. The number of carbonyl (C=O) groups excluding carboxylic acids is 2. The SMILES string of the molecule is COc1ccc([C@@H]2CC(=O)C3=C(C2)NC(C)=C(C(=O)Nc2ccccc2C)[C@H]3c2ccc(F)cc2)cc1OC. The van der Waals surface area contributed by atoms with Crippen LogP contribution in [-0.4, -0.2) is 25.9 Å². The van der Waals surface area contributed by atoms with Crippen molar-refractivity contribution in [2.45, 2.75) is 38.5 Å². The Morgan fingerprint density at radius 2 is 1.62 bits per heavy atom. The molecule has 0 radical (unpaired) electrons. The van der Waals surface area contributed by atoms with Gasteiger partial charge < -0.3 is 20.1 Å². The number of anilines is 1. The van der Waals surface area contributed by atoms with Crippen LogP contribution >= 0.6 is 0 Å². The van der Waals surface area contributed by atoms with Crippen LogP contribution in [-0.2, 0) is 9.59 Å². The first-order chi connectivity index (χ1) is 18.8. The first kappa shape index (κ1) is 26.2. The molecule has 0 fully saturated rings. The van der Waals surface area contributed by atoms with E-state index in [1.165, 1.54) is 12.1 Å². The third-order valence-corrected chi connectivity index (χ3v) is 7.55. The summed E-state index contributed by atoms with van der Waals surface area (Å²) in [4.78, 5) is 27.6. The van der Waals surface area contributed by atoms with Gasteiger partial charge in [0.1, 0.15) is 5.82 Å². The maximum absolute atomic E-state index is 13.9. The summed E-state index contributed by atoms with van der Waals surface area (Å²) < 4.78 is 24.7. The van der Waals surface area contributed by atoms with Crippen molar-refractivity contribution in [3.63, 3.8) is 0 Å². The molecule has 7 heteroatoms. The highest BCUT2D eigenvalue weighted by molar-refractivity contribution is 6.10. The van der Waals surface area contributed by atoms with E-state index >= 15 is 0 Å². The molecule has 0 spiro atoms. The molecule has 1 amide bonds. The molecule has 0 saturated heterocycles. The van der Waals surface area contributed by atoms with E-state index in [0.29, 0.717) is 46.0 Å². The van der Waals surface area contributed by atoms with Crippen LogP contribution in [0.3, 0.4) is 0 Å². The molecule has 0 saturated carbocycles. The number of benzene rings is 3. The zero-order valence-corrected chi connectivity index (χ0v) is 22.4. The van der Waals surface area contributed by atoms with E-state index in [4.69, 9.17) is 9.47 Å². The van der Waals surface area contributed by atoms with Gasteiger partial charge in [0, 0.05) is 40.6 Å². The fourth-order valence-corrected chi connectivity index (χ4v) is 5.57. The van der Waals surface area contributed by atoms with Gasteiger partial charge in [-0.1, -0.05) is 36.4 Å². The minimum atomic E-state index is -0.621. The molecule has 5 rings (SSSR count). The van der Waals surface area contributed by atoms with Crippen molar-refractivity contribution in [3.05, 3.63) is 112 Å². The van der Waals surface area contributed by atoms with Crippen LogP contribution in [0.25, 0.3) is 0 Å². The molecule has 3 aromatic carbocycles. The van der Waals surface area contributed by atoms with E-state index in [1.807, 2.05) is 56.3 Å². The highest BCUT2D eigenvalue weighted by atomic mass is 19.1. The van der Waals surface area contributed by atoms with Gasteiger partial charge in [-0.25, -0.2) is 4.39 Å². The topological polar surface area (TPSA) is 76.7 Å². The number of halogens is 1. The van der Waals surface area contributed by atoms with Gasteiger partial charge >= 0.3 is 0 Å². The molecule has 2 N–H and O–H groups in total. The Kier molecular flexibility index (Phi) is 7.24. The van der Waals surface area contributed by atoms with Gasteiger partial charge in [-0.3, -0.25) is 9.59 Å². The second-order valence-electron chi connectivity index (χ2n) is 9.95. The summed E-state index contributed by atoms with van der Waals surface area (Å²) in [6.07, 6.45) is 0.859.